The summed E-state index contributed by atoms with van der Waals surface area (Å²) in [5.74, 6) is 0.374. The smallest absolute Gasteiger partial charge is 0.260 e. The van der Waals surface area contributed by atoms with Gasteiger partial charge in [-0.3, -0.25) is 9.69 Å². The predicted octanol–water partition coefficient (Wildman–Crippen LogP) is 5.58. The molecule has 1 amide bonds. The molecule has 7 heteroatoms. The van der Waals surface area contributed by atoms with Crippen LogP contribution in [0.1, 0.15) is 46.1 Å². The third-order valence-corrected chi connectivity index (χ3v) is 6.39. The first-order chi connectivity index (χ1) is 15.8. The second kappa shape index (κ2) is 11.7. The van der Waals surface area contributed by atoms with E-state index in [-0.39, 0.29) is 36.5 Å². The first kappa shape index (κ1) is 25.3. The van der Waals surface area contributed by atoms with Gasteiger partial charge >= 0.3 is 0 Å². The number of halogens is 2. The molecule has 1 N–H and O–H groups in total. The van der Waals surface area contributed by atoms with E-state index in [1.54, 1.807) is 6.07 Å². The van der Waals surface area contributed by atoms with Crippen molar-refractivity contribution in [2.75, 3.05) is 25.0 Å². The van der Waals surface area contributed by atoms with Crippen LogP contribution in [-0.2, 0) is 11.3 Å². The molecule has 2 aromatic carbocycles. The largest absolute Gasteiger partial charge is 0.482 e. The molecule has 5 nitrogen and oxygen atoms in total. The first-order valence-electron chi connectivity index (χ1n) is 11.7. The molecule has 33 heavy (non-hydrogen) atoms. The van der Waals surface area contributed by atoms with E-state index in [2.05, 4.69) is 37.9 Å². The number of hydrogen-bond acceptors (Lipinski definition) is 4. The minimum absolute atomic E-state index is 0.0203. The van der Waals surface area contributed by atoms with Crippen LogP contribution in [0.2, 0.25) is 5.02 Å². The van der Waals surface area contributed by atoms with E-state index < -0.39 is 0 Å². The van der Waals surface area contributed by atoms with Gasteiger partial charge in [0.1, 0.15) is 11.6 Å². The van der Waals surface area contributed by atoms with E-state index in [9.17, 15) is 9.18 Å². The van der Waals surface area contributed by atoms with Crippen molar-refractivity contribution in [1.29, 1.82) is 0 Å². The lowest BCUT2D eigenvalue weighted by Gasteiger charge is -2.44. The third-order valence-electron chi connectivity index (χ3n) is 6.15. The lowest BCUT2D eigenvalue weighted by atomic mass is 10.1. The molecule has 0 saturated carbocycles. The number of benzene rings is 2. The fourth-order valence-corrected chi connectivity index (χ4v) is 4.50. The molecular formula is C26H35ClFN3O2. The van der Waals surface area contributed by atoms with Gasteiger partial charge in [0.2, 0.25) is 0 Å². The fraction of sp³-hybridized carbons (Fsp3) is 0.500. The van der Waals surface area contributed by atoms with Crippen LogP contribution in [0.5, 0.6) is 5.75 Å². The molecule has 1 aliphatic rings. The molecule has 0 aromatic heterocycles. The Morgan fingerprint density at radius 1 is 1.18 bits per heavy atom. The van der Waals surface area contributed by atoms with Crippen LogP contribution in [0.3, 0.4) is 0 Å². The van der Waals surface area contributed by atoms with Gasteiger partial charge in [0.05, 0.1) is 5.69 Å². The Hall–Kier alpha value is -2.31. The highest BCUT2D eigenvalue weighted by Gasteiger charge is 2.32. The number of nitrogens with one attached hydrogen (secondary N) is 1. The summed E-state index contributed by atoms with van der Waals surface area (Å²) in [7, 11) is 0. The topological polar surface area (TPSA) is 44.8 Å². The van der Waals surface area contributed by atoms with Crippen molar-refractivity contribution < 1.29 is 13.9 Å². The highest BCUT2D eigenvalue weighted by molar-refractivity contribution is 6.30. The Kier molecular flexibility index (Phi) is 8.98. The summed E-state index contributed by atoms with van der Waals surface area (Å²) in [6, 6.07) is 12.6. The lowest BCUT2D eigenvalue weighted by molar-refractivity contribution is -0.139. The molecule has 0 radical (unpaired) electrons. The van der Waals surface area contributed by atoms with Crippen LogP contribution >= 0.6 is 11.6 Å². The Morgan fingerprint density at radius 2 is 1.91 bits per heavy atom. The van der Waals surface area contributed by atoms with Crippen LogP contribution in [0, 0.1) is 5.82 Å². The normalized spacial score (nSPS) is 19.9. The van der Waals surface area contributed by atoms with Gasteiger partial charge in [-0.1, -0.05) is 37.1 Å². The number of amides is 1. The fourth-order valence-electron chi connectivity index (χ4n) is 4.32. The Bertz CT molecular complexity index is 924. The van der Waals surface area contributed by atoms with E-state index >= 15 is 0 Å². The maximum Gasteiger partial charge on any atom is 0.260 e. The summed E-state index contributed by atoms with van der Waals surface area (Å²) in [5, 5.41) is 4.06. The van der Waals surface area contributed by atoms with Gasteiger partial charge in [-0.2, -0.15) is 0 Å². The number of piperazine rings is 1. The lowest BCUT2D eigenvalue weighted by Crippen LogP contribution is -2.58. The van der Waals surface area contributed by atoms with Crippen molar-refractivity contribution in [3.05, 3.63) is 58.9 Å². The maximum absolute atomic E-state index is 13.2. The average molecular weight is 476 g/mol. The molecule has 3 atom stereocenters. The van der Waals surface area contributed by atoms with Crippen molar-refractivity contribution in [1.82, 2.24) is 9.80 Å². The highest BCUT2D eigenvalue weighted by Crippen LogP contribution is 2.29. The Labute approximate surface area is 201 Å². The number of hydrogen-bond donors (Lipinski definition) is 1. The molecule has 1 heterocycles. The van der Waals surface area contributed by atoms with E-state index in [0.717, 1.165) is 37.2 Å². The van der Waals surface area contributed by atoms with Gasteiger partial charge in [0.25, 0.3) is 5.91 Å². The zero-order chi connectivity index (χ0) is 24.0. The van der Waals surface area contributed by atoms with Gasteiger partial charge in [-0.25, -0.2) is 4.39 Å². The molecular weight excluding hydrogens is 441 g/mol. The number of carbonyl (C=O) groups excluding carboxylic acids is 1. The van der Waals surface area contributed by atoms with E-state index in [4.69, 9.17) is 16.3 Å². The third kappa shape index (κ3) is 7.08. The maximum atomic E-state index is 13.2. The van der Waals surface area contributed by atoms with Crippen LogP contribution in [0.25, 0.3) is 0 Å². The van der Waals surface area contributed by atoms with Gasteiger partial charge in [-0.15, -0.1) is 0 Å². The minimum atomic E-state index is -0.227. The van der Waals surface area contributed by atoms with Crippen molar-refractivity contribution >= 4 is 23.2 Å². The number of ether oxygens (including phenoxy) is 1. The second-order valence-corrected chi connectivity index (χ2v) is 9.50. The molecule has 1 unspecified atom stereocenters. The molecule has 0 aliphatic carbocycles. The van der Waals surface area contributed by atoms with Crippen molar-refractivity contribution in [3.63, 3.8) is 0 Å². The summed E-state index contributed by atoms with van der Waals surface area (Å²) >= 11 is 6.18. The van der Waals surface area contributed by atoms with Gasteiger partial charge in [0, 0.05) is 42.8 Å². The number of anilines is 1. The van der Waals surface area contributed by atoms with Crippen molar-refractivity contribution in [2.45, 2.75) is 65.2 Å². The molecule has 1 fully saturated rings. The molecule has 1 saturated heterocycles. The SMILES string of the molecule is CCCC(C)Nc1cc(Cl)ccc1OCC(=O)N1C[C@@H](C)N(Cc2ccc(F)cc2)C[C@@H]1C. The molecule has 3 rings (SSSR count). The molecule has 1 aliphatic heterocycles. The standard InChI is InChI=1S/C26H35ClFN3O2/c1-5-6-18(2)29-24-13-22(27)9-12-25(24)33-17-26(32)31-15-19(3)30(14-20(31)4)16-21-7-10-23(28)11-8-21/h7-13,18-20,29H,5-6,14-17H2,1-4H3/t18?,19-,20+/m1/s1. The number of rotatable bonds is 9. The zero-order valence-corrected chi connectivity index (χ0v) is 20.7. The molecule has 2 aromatic rings. The predicted molar refractivity (Wildman–Crippen MR) is 132 cm³/mol. The van der Waals surface area contributed by atoms with Crippen LogP contribution in [-0.4, -0.2) is 53.5 Å². The minimum Gasteiger partial charge on any atom is -0.482 e. The summed E-state index contributed by atoms with van der Waals surface area (Å²) in [6.45, 7) is 10.5. The summed E-state index contributed by atoms with van der Waals surface area (Å²) < 4.78 is 19.1. The van der Waals surface area contributed by atoms with E-state index in [1.165, 1.54) is 12.1 Å². The van der Waals surface area contributed by atoms with E-state index in [0.29, 0.717) is 17.3 Å². The molecule has 0 spiro atoms. The summed E-state index contributed by atoms with van der Waals surface area (Å²) in [4.78, 5) is 17.3. The Morgan fingerprint density at radius 3 is 2.61 bits per heavy atom. The van der Waals surface area contributed by atoms with Crippen molar-refractivity contribution in [3.8, 4) is 5.75 Å². The summed E-state index contributed by atoms with van der Waals surface area (Å²) in [6.07, 6.45) is 2.11. The van der Waals surface area contributed by atoms with E-state index in [1.807, 2.05) is 29.2 Å². The van der Waals surface area contributed by atoms with Crippen LogP contribution in [0.4, 0.5) is 10.1 Å². The van der Waals surface area contributed by atoms with Gasteiger partial charge in [-0.05, 0) is 63.1 Å². The van der Waals surface area contributed by atoms with Crippen LogP contribution in [0.15, 0.2) is 42.5 Å². The first-order valence-corrected chi connectivity index (χ1v) is 12.1. The Balaban J connectivity index is 1.58. The number of carbonyl (C=O) groups is 1. The quantitative estimate of drug-likeness (QED) is 0.514. The van der Waals surface area contributed by atoms with Gasteiger partial charge in [0.15, 0.2) is 6.61 Å². The molecule has 180 valence electrons. The number of nitrogens with zero attached hydrogens (tertiary/aromatic N) is 2. The molecule has 0 bridgehead atoms. The second-order valence-electron chi connectivity index (χ2n) is 9.06. The highest BCUT2D eigenvalue weighted by atomic mass is 35.5. The average Bonchev–Trinajstić information content (AvgIpc) is 2.77. The monoisotopic (exact) mass is 475 g/mol. The van der Waals surface area contributed by atoms with Crippen molar-refractivity contribution in [2.24, 2.45) is 0 Å². The zero-order valence-electron chi connectivity index (χ0n) is 20.0. The summed E-state index contributed by atoms with van der Waals surface area (Å²) in [5.41, 5.74) is 1.88. The van der Waals surface area contributed by atoms with Crippen LogP contribution < -0.4 is 10.1 Å². The van der Waals surface area contributed by atoms with Gasteiger partial charge < -0.3 is 15.0 Å².